The molecular formula is C24H54Cl2Sn2. The molecule has 0 spiro atoms. The Morgan fingerprint density at radius 1 is 0.500 bits per heavy atom. The van der Waals surface area contributed by atoms with E-state index in [9.17, 15) is 0 Å². The molecule has 0 aromatic heterocycles. The minimum absolute atomic E-state index is 0. The Kier molecular flexibility index (Phi) is 33.8. The van der Waals surface area contributed by atoms with E-state index in [2.05, 4.69) is 41.5 Å². The molecule has 0 amide bonds. The van der Waals surface area contributed by atoms with Crippen molar-refractivity contribution in [3.63, 3.8) is 0 Å². The Morgan fingerprint density at radius 2 is 0.750 bits per heavy atom. The van der Waals surface area contributed by atoms with Crippen molar-refractivity contribution in [2.45, 2.75) is 145 Å². The standard InChI is InChI=1S/6C4H9.2ClH.2Sn/c6*1-3-4-2;;;;/h6*1,3-4H2,2H3;2*1H;;/q;;;;;;;;2*+1/p-2. The first-order valence-electron chi connectivity index (χ1n) is 12.6. The second-order valence-electron chi connectivity index (χ2n) is 8.52. The van der Waals surface area contributed by atoms with Crippen LogP contribution in [0.3, 0.4) is 0 Å². The summed E-state index contributed by atoms with van der Waals surface area (Å²) >= 11 is -2.93. The Balaban J connectivity index is -0.000000432. The van der Waals surface area contributed by atoms with Crippen molar-refractivity contribution in [1.82, 2.24) is 0 Å². The van der Waals surface area contributed by atoms with E-state index in [0.717, 1.165) is 0 Å². The molecule has 0 bridgehead atoms. The summed E-state index contributed by atoms with van der Waals surface area (Å²) in [5, 5.41) is 0. The largest absolute Gasteiger partial charge is 1.00 e. The Morgan fingerprint density at radius 3 is 0.964 bits per heavy atom. The molecule has 4 heteroatoms. The Bertz CT molecular complexity index is 235. The van der Waals surface area contributed by atoms with Crippen LogP contribution in [0.1, 0.15) is 119 Å². The third-order valence-corrected chi connectivity index (χ3v) is 29.2. The molecule has 0 aliphatic carbocycles. The predicted molar refractivity (Wildman–Crippen MR) is 136 cm³/mol. The first-order chi connectivity index (χ1) is 13.0. The van der Waals surface area contributed by atoms with Crippen LogP contribution >= 0.6 is 8.92 Å². The molecule has 0 rings (SSSR count). The molecule has 0 aromatic rings. The molecule has 0 saturated heterocycles. The van der Waals surface area contributed by atoms with Gasteiger partial charge in [-0.1, -0.05) is 0 Å². The number of halogens is 2. The van der Waals surface area contributed by atoms with Gasteiger partial charge in [-0.05, 0) is 0 Å². The Hall–Kier alpha value is 2.18. The van der Waals surface area contributed by atoms with Crippen LogP contribution in [0.15, 0.2) is 0 Å². The molecule has 0 fully saturated rings. The van der Waals surface area contributed by atoms with Gasteiger partial charge in [0.05, 0.1) is 0 Å². The summed E-state index contributed by atoms with van der Waals surface area (Å²) in [7, 11) is 6.89. The number of unbranched alkanes of at least 4 members (excludes halogenated alkanes) is 6. The monoisotopic (exact) mass is 652 g/mol. The zero-order valence-corrected chi connectivity index (χ0v) is 27.7. The summed E-state index contributed by atoms with van der Waals surface area (Å²) in [5.41, 5.74) is 0. The predicted octanol–water partition coefficient (Wildman–Crippen LogP) is 7.46. The minimum Gasteiger partial charge on any atom is -1.00 e. The van der Waals surface area contributed by atoms with Crippen molar-refractivity contribution >= 4 is 45.9 Å². The van der Waals surface area contributed by atoms with E-state index < -0.39 is 37.0 Å². The van der Waals surface area contributed by atoms with Gasteiger partial charge in [0, 0.05) is 0 Å². The van der Waals surface area contributed by atoms with Crippen molar-refractivity contribution in [1.29, 1.82) is 0 Å². The molecule has 0 unspecified atom stereocenters. The summed E-state index contributed by atoms with van der Waals surface area (Å²) in [6, 6.07) is 0. The second-order valence-corrected chi connectivity index (χ2v) is 33.3. The molecule has 0 saturated carbocycles. The summed E-state index contributed by atoms with van der Waals surface area (Å²) in [6.07, 6.45) is 17.0. The maximum Gasteiger partial charge on any atom is -1.00 e. The van der Waals surface area contributed by atoms with Gasteiger partial charge in [0.1, 0.15) is 0 Å². The quantitative estimate of drug-likeness (QED) is 0.135. The molecular weight excluding hydrogens is 597 g/mol. The van der Waals surface area contributed by atoms with Gasteiger partial charge < -0.3 is 12.4 Å². The molecule has 0 aromatic carbocycles. The molecule has 0 aliphatic rings. The topological polar surface area (TPSA) is 0 Å². The van der Waals surface area contributed by atoms with Crippen molar-refractivity contribution in [3.8, 4) is 0 Å². The fraction of sp³-hybridized carbons (Fsp3) is 1.00. The van der Waals surface area contributed by atoms with Crippen LogP contribution in [0.5, 0.6) is 0 Å². The fourth-order valence-electron chi connectivity index (χ4n) is 3.51. The third kappa shape index (κ3) is 24.4. The first-order valence-corrected chi connectivity index (χ1v) is 28.3. The van der Waals surface area contributed by atoms with E-state index in [-0.39, 0.29) is 12.4 Å². The van der Waals surface area contributed by atoms with E-state index in [1.165, 1.54) is 90.4 Å². The van der Waals surface area contributed by atoms with Gasteiger partial charge in [0.15, 0.2) is 0 Å². The maximum absolute atomic E-state index is 6.89. The summed E-state index contributed by atoms with van der Waals surface area (Å²) in [4.78, 5) is 0. The van der Waals surface area contributed by atoms with Crippen LogP contribution in [0.25, 0.3) is 0 Å². The second kappa shape index (κ2) is 27.2. The van der Waals surface area contributed by atoms with Gasteiger partial charge in [-0.3, -0.25) is 0 Å². The van der Waals surface area contributed by atoms with E-state index in [1.54, 1.807) is 13.3 Å². The van der Waals surface area contributed by atoms with E-state index >= 15 is 0 Å². The molecule has 0 atom stereocenters. The van der Waals surface area contributed by atoms with E-state index in [0.29, 0.717) is 0 Å². The zero-order chi connectivity index (χ0) is 20.8. The molecule has 0 N–H and O–H groups in total. The SMILES string of the molecule is CCC[CH2][Sn+]([CH2]CCC)[CH2]CCC.CCC[CH2][Sn]([Cl])([CH2]CCC)[CH2]CCC.[Cl-]. The Labute approximate surface area is 201 Å². The van der Waals surface area contributed by atoms with Crippen molar-refractivity contribution < 1.29 is 12.4 Å². The molecule has 0 nitrogen and oxygen atoms in total. The minimum atomic E-state index is -2.09. The van der Waals surface area contributed by atoms with Crippen LogP contribution in [-0.2, 0) is 0 Å². The summed E-state index contributed by atoms with van der Waals surface area (Å²) < 4.78 is 9.31. The van der Waals surface area contributed by atoms with Gasteiger partial charge in [-0.2, -0.15) is 0 Å². The number of hydrogen-bond donors (Lipinski definition) is 0. The van der Waals surface area contributed by atoms with Gasteiger partial charge in [-0.15, -0.1) is 0 Å². The van der Waals surface area contributed by atoms with E-state index in [1.807, 2.05) is 0 Å². The molecule has 0 heterocycles. The number of hydrogen-bond acceptors (Lipinski definition) is 0. The summed E-state index contributed by atoms with van der Waals surface area (Å²) in [5.74, 6) is 0. The van der Waals surface area contributed by atoms with Crippen molar-refractivity contribution in [3.05, 3.63) is 0 Å². The third-order valence-electron chi connectivity index (χ3n) is 5.59. The van der Waals surface area contributed by atoms with Gasteiger partial charge in [-0.25, -0.2) is 0 Å². The fourth-order valence-corrected chi connectivity index (χ4v) is 26.2. The molecule has 172 valence electrons. The smallest absolute Gasteiger partial charge is 1.00 e. The van der Waals surface area contributed by atoms with Crippen molar-refractivity contribution in [2.24, 2.45) is 0 Å². The summed E-state index contributed by atoms with van der Waals surface area (Å²) in [6.45, 7) is 13.8. The van der Waals surface area contributed by atoms with Crippen LogP contribution < -0.4 is 12.4 Å². The van der Waals surface area contributed by atoms with Crippen LogP contribution in [-0.4, -0.2) is 37.0 Å². The van der Waals surface area contributed by atoms with E-state index in [4.69, 9.17) is 8.92 Å². The number of rotatable bonds is 18. The maximum atomic E-state index is 6.89. The normalized spacial score (nSPS) is 10.8. The van der Waals surface area contributed by atoms with Crippen molar-refractivity contribution in [2.75, 3.05) is 0 Å². The van der Waals surface area contributed by atoms with Crippen LogP contribution in [0, 0.1) is 0 Å². The average Bonchev–Trinajstić information content (AvgIpc) is 2.69. The van der Waals surface area contributed by atoms with Crippen LogP contribution in [0.2, 0.25) is 26.6 Å². The van der Waals surface area contributed by atoms with Gasteiger partial charge in [0.2, 0.25) is 0 Å². The molecule has 28 heavy (non-hydrogen) atoms. The molecule has 0 aliphatic heterocycles. The van der Waals surface area contributed by atoms with Crippen LogP contribution in [0.4, 0.5) is 0 Å². The first kappa shape index (κ1) is 34.8. The average molecular weight is 651 g/mol. The van der Waals surface area contributed by atoms with Gasteiger partial charge >= 0.3 is 191 Å². The zero-order valence-electron chi connectivity index (χ0n) is 20.5. The molecule has 0 radical (unpaired) electrons. The van der Waals surface area contributed by atoms with Gasteiger partial charge in [0.25, 0.3) is 0 Å².